The summed E-state index contributed by atoms with van der Waals surface area (Å²) in [6, 6.07) is 14.8. The Bertz CT molecular complexity index is 985. The highest BCUT2D eigenvalue weighted by Gasteiger charge is 2.27. The summed E-state index contributed by atoms with van der Waals surface area (Å²) in [6.45, 7) is 10.0. The lowest BCUT2D eigenvalue weighted by atomic mass is 10.0. The third-order valence-corrected chi connectivity index (χ3v) is 6.01. The minimum Gasteiger partial charge on any atom is -0.337 e. The van der Waals surface area contributed by atoms with E-state index in [1.807, 2.05) is 57.7 Å². The second kappa shape index (κ2) is 8.86. The first-order chi connectivity index (χ1) is 13.8. The highest BCUT2D eigenvalue weighted by Crippen LogP contribution is 2.26. The number of hydrogen-bond donors (Lipinski definition) is 1. The molecule has 3 rings (SSSR count). The molecule has 7 heteroatoms. The lowest BCUT2D eigenvalue weighted by Gasteiger charge is -2.32. The Morgan fingerprint density at radius 3 is 2.38 bits per heavy atom. The SMILES string of the molecule is CC(C)N(C(=O)[C@@H](C)Sc1nnc(Cc2cccc3ccccc23)n1N)C(C)C. The van der Waals surface area contributed by atoms with Crippen molar-refractivity contribution in [2.45, 2.75) is 63.5 Å². The number of nitrogens with two attached hydrogens (primary N) is 1. The maximum atomic E-state index is 12.9. The minimum absolute atomic E-state index is 0.0820. The van der Waals surface area contributed by atoms with Gasteiger partial charge in [0.15, 0.2) is 5.82 Å². The number of carbonyl (C=O) groups excluding carboxylic acids is 1. The van der Waals surface area contributed by atoms with Crippen LogP contribution in [0.1, 0.15) is 46.0 Å². The van der Waals surface area contributed by atoms with Gasteiger partial charge in [0.1, 0.15) is 0 Å². The third-order valence-electron chi connectivity index (χ3n) is 4.96. The Kier molecular flexibility index (Phi) is 6.47. The van der Waals surface area contributed by atoms with Crippen molar-refractivity contribution in [3.8, 4) is 0 Å². The molecule has 0 unspecified atom stereocenters. The van der Waals surface area contributed by atoms with Gasteiger partial charge in [-0.3, -0.25) is 4.79 Å². The number of hydrogen-bond acceptors (Lipinski definition) is 5. The van der Waals surface area contributed by atoms with Crippen LogP contribution in [-0.4, -0.2) is 43.0 Å². The first-order valence-corrected chi connectivity index (χ1v) is 10.8. The van der Waals surface area contributed by atoms with E-state index in [4.69, 9.17) is 5.84 Å². The molecule has 0 saturated heterocycles. The van der Waals surface area contributed by atoms with Gasteiger partial charge in [-0.15, -0.1) is 10.2 Å². The number of amides is 1. The van der Waals surface area contributed by atoms with Gasteiger partial charge in [0, 0.05) is 18.5 Å². The zero-order valence-electron chi connectivity index (χ0n) is 17.7. The number of carbonyl (C=O) groups is 1. The molecule has 1 atom stereocenters. The lowest BCUT2D eigenvalue weighted by molar-refractivity contribution is -0.133. The Labute approximate surface area is 176 Å². The summed E-state index contributed by atoms with van der Waals surface area (Å²) in [7, 11) is 0. The molecule has 0 bridgehead atoms. The van der Waals surface area contributed by atoms with E-state index in [-0.39, 0.29) is 23.2 Å². The Morgan fingerprint density at radius 2 is 1.69 bits per heavy atom. The second-order valence-electron chi connectivity index (χ2n) is 7.78. The van der Waals surface area contributed by atoms with Crippen LogP contribution in [0, 0.1) is 0 Å². The van der Waals surface area contributed by atoms with Gasteiger partial charge < -0.3 is 10.7 Å². The van der Waals surface area contributed by atoms with Crippen molar-refractivity contribution in [2.75, 3.05) is 5.84 Å². The summed E-state index contributed by atoms with van der Waals surface area (Å²) in [5, 5.41) is 11.2. The molecule has 0 fully saturated rings. The molecule has 0 radical (unpaired) electrons. The second-order valence-corrected chi connectivity index (χ2v) is 9.08. The minimum atomic E-state index is -0.295. The molecule has 0 spiro atoms. The molecule has 1 aromatic heterocycles. The van der Waals surface area contributed by atoms with Gasteiger partial charge in [0.2, 0.25) is 11.1 Å². The van der Waals surface area contributed by atoms with Crippen LogP contribution in [0.2, 0.25) is 0 Å². The predicted octanol–water partition coefficient (Wildman–Crippen LogP) is 3.86. The highest BCUT2D eigenvalue weighted by atomic mass is 32.2. The average Bonchev–Trinajstić information content (AvgIpc) is 3.01. The van der Waals surface area contributed by atoms with E-state index in [1.165, 1.54) is 27.2 Å². The summed E-state index contributed by atoms with van der Waals surface area (Å²) in [4.78, 5) is 14.8. The van der Waals surface area contributed by atoms with Crippen molar-refractivity contribution in [3.05, 3.63) is 53.9 Å². The van der Waals surface area contributed by atoms with Gasteiger partial charge in [-0.2, -0.15) is 0 Å². The Morgan fingerprint density at radius 1 is 1.03 bits per heavy atom. The number of benzene rings is 2. The van der Waals surface area contributed by atoms with E-state index >= 15 is 0 Å². The number of nitrogen functional groups attached to an aromatic ring is 1. The number of nitrogens with zero attached hydrogens (tertiary/aromatic N) is 4. The molecule has 154 valence electrons. The maximum Gasteiger partial charge on any atom is 0.236 e. The highest BCUT2D eigenvalue weighted by molar-refractivity contribution is 8.00. The summed E-state index contributed by atoms with van der Waals surface area (Å²) in [6.07, 6.45) is 0.581. The third kappa shape index (κ3) is 4.56. The molecule has 2 aromatic carbocycles. The van der Waals surface area contributed by atoms with Crippen molar-refractivity contribution < 1.29 is 4.79 Å². The van der Waals surface area contributed by atoms with Crippen LogP contribution < -0.4 is 5.84 Å². The van der Waals surface area contributed by atoms with Crippen molar-refractivity contribution in [2.24, 2.45) is 0 Å². The molecule has 6 nitrogen and oxygen atoms in total. The van der Waals surface area contributed by atoms with E-state index in [0.29, 0.717) is 17.4 Å². The van der Waals surface area contributed by atoms with Crippen LogP contribution in [0.4, 0.5) is 0 Å². The fourth-order valence-corrected chi connectivity index (χ4v) is 4.49. The van der Waals surface area contributed by atoms with Crippen LogP contribution in [0.5, 0.6) is 0 Å². The summed E-state index contributed by atoms with van der Waals surface area (Å²) in [5.74, 6) is 7.04. The summed E-state index contributed by atoms with van der Waals surface area (Å²) < 4.78 is 1.51. The summed E-state index contributed by atoms with van der Waals surface area (Å²) >= 11 is 1.35. The number of fused-ring (bicyclic) bond motifs is 1. The van der Waals surface area contributed by atoms with Crippen LogP contribution in [0.25, 0.3) is 10.8 Å². The standard InChI is InChI=1S/C22H29N5OS/c1-14(2)26(15(3)4)21(28)16(5)29-22-25-24-20(27(22)23)13-18-11-8-10-17-9-6-7-12-19(17)18/h6-12,14-16H,13,23H2,1-5H3/t16-/m1/s1. The van der Waals surface area contributed by atoms with E-state index in [1.54, 1.807) is 0 Å². The van der Waals surface area contributed by atoms with Gasteiger partial charge in [-0.05, 0) is 51.0 Å². The fourth-order valence-electron chi connectivity index (χ4n) is 3.65. The molecule has 1 amide bonds. The molecule has 0 aliphatic rings. The molecule has 29 heavy (non-hydrogen) atoms. The molecule has 1 heterocycles. The van der Waals surface area contributed by atoms with Gasteiger partial charge in [0.05, 0.1) is 5.25 Å². The van der Waals surface area contributed by atoms with Crippen LogP contribution in [0.3, 0.4) is 0 Å². The van der Waals surface area contributed by atoms with Gasteiger partial charge >= 0.3 is 0 Å². The normalized spacial score (nSPS) is 12.7. The van der Waals surface area contributed by atoms with E-state index in [0.717, 1.165) is 5.56 Å². The number of thioether (sulfide) groups is 1. The maximum absolute atomic E-state index is 12.9. The van der Waals surface area contributed by atoms with Crippen LogP contribution in [-0.2, 0) is 11.2 Å². The van der Waals surface area contributed by atoms with Crippen LogP contribution in [0.15, 0.2) is 47.6 Å². The monoisotopic (exact) mass is 411 g/mol. The first-order valence-electron chi connectivity index (χ1n) is 9.94. The zero-order chi connectivity index (χ0) is 21.1. The predicted molar refractivity (Wildman–Crippen MR) is 119 cm³/mol. The smallest absolute Gasteiger partial charge is 0.236 e. The van der Waals surface area contributed by atoms with Crippen molar-refractivity contribution in [1.82, 2.24) is 19.8 Å². The molecule has 0 saturated carbocycles. The van der Waals surface area contributed by atoms with Crippen molar-refractivity contribution in [1.29, 1.82) is 0 Å². The Balaban J connectivity index is 1.78. The van der Waals surface area contributed by atoms with Gasteiger partial charge in [-0.25, -0.2) is 4.68 Å². The fraction of sp³-hybridized carbons (Fsp3) is 0.409. The first kappa shape index (κ1) is 21.2. The molecule has 2 N–H and O–H groups in total. The van der Waals surface area contributed by atoms with Crippen molar-refractivity contribution in [3.63, 3.8) is 0 Å². The lowest BCUT2D eigenvalue weighted by Crippen LogP contribution is -2.45. The Hall–Kier alpha value is -2.54. The molecular weight excluding hydrogens is 382 g/mol. The van der Waals surface area contributed by atoms with E-state index in [9.17, 15) is 4.79 Å². The van der Waals surface area contributed by atoms with Gasteiger partial charge in [0.25, 0.3) is 0 Å². The van der Waals surface area contributed by atoms with E-state index in [2.05, 4.69) is 34.5 Å². The quantitative estimate of drug-likeness (QED) is 0.472. The van der Waals surface area contributed by atoms with Crippen molar-refractivity contribution >= 4 is 28.4 Å². The molecule has 3 aromatic rings. The van der Waals surface area contributed by atoms with E-state index < -0.39 is 0 Å². The topological polar surface area (TPSA) is 77.0 Å². The van der Waals surface area contributed by atoms with Crippen LogP contribution >= 0.6 is 11.8 Å². The zero-order valence-corrected chi connectivity index (χ0v) is 18.5. The number of aromatic nitrogens is 3. The van der Waals surface area contributed by atoms with Gasteiger partial charge in [-0.1, -0.05) is 54.2 Å². The molecule has 0 aliphatic carbocycles. The molecular formula is C22H29N5OS. The largest absolute Gasteiger partial charge is 0.337 e. The molecule has 0 aliphatic heterocycles. The average molecular weight is 412 g/mol. The number of rotatable bonds is 7. The summed E-state index contributed by atoms with van der Waals surface area (Å²) in [5.41, 5.74) is 1.15.